The van der Waals surface area contributed by atoms with Gasteiger partial charge < -0.3 is 4.57 Å². The average molecular weight is 733 g/mol. The first-order chi connectivity index (χ1) is 27.8. The zero-order chi connectivity index (χ0) is 37.0. The van der Waals surface area contributed by atoms with Crippen molar-refractivity contribution < 1.29 is 0 Å². The Labute approximate surface area is 327 Å². The van der Waals surface area contributed by atoms with Gasteiger partial charge in [0.2, 0.25) is 0 Å². The lowest BCUT2D eigenvalue weighted by atomic mass is 9.97. The van der Waals surface area contributed by atoms with Crippen LogP contribution in [0, 0.1) is 0 Å². The Balaban J connectivity index is 1.21. The molecule has 56 heavy (non-hydrogen) atoms. The van der Waals surface area contributed by atoms with Gasteiger partial charge >= 0.3 is 0 Å². The highest BCUT2D eigenvalue weighted by Gasteiger charge is 2.23. The second-order valence-corrected chi connectivity index (χ2v) is 15.1. The maximum absolute atomic E-state index is 5.23. The van der Waals surface area contributed by atoms with Gasteiger partial charge in [-0.1, -0.05) is 158 Å². The van der Waals surface area contributed by atoms with Crippen molar-refractivity contribution in [3.63, 3.8) is 0 Å². The van der Waals surface area contributed by atoms with Gasteiger partial charge in [0.15, 0.2) is 17.5 Å². The second kappa shape index (κ2) is 13.3. The van der Waals surface area contributed by atoms with Crippen LogP contribution in [0.25, 0.3) is 104 Å². The van der Waals surface area contributed by atoms with E-state index in [9.17, 15) is 0 Å². The van der Waals surface area contributed by atoms with Gasteiger partial charge in [-0.15, -0.1) is 11.3 Å². The number of nitrogens with zero attached hydrogens (tertiary/aromatic N) is 4. The molecule has 0 aliphatic rings. The van der Waals surface area contributed by atoms with E-state index in [-0.39, 0.29) is 0 Å². The van der Waals surface area contributed by atoms with E-state index in [1.165, 1.54) is 42.1 Å². The van der Waals surface area contributed by atoms with E-state index in [0.717, 1.165) is 44.5 Å². The predicted octanol–water partition coefficient (Wildman–Crippen LogP) is 13.7. The molecule has 0 aliphatic carbocycles. The van der Waals surface area contributed by atoms with Crippen LogP contribution in [0.2, 0.25) is 0 Å². The minimum Gasteiger partial charge on any atom is -0.308 e. The number of aromatic nitrogens is 4. The summed E-state index contributed by atoms with van der Waals surface area (Å²) >= 11 is 1.86. The molecule has 0 bridgehead atoms. The molecule has 11 aromatic rings. The maximum atomic E-state index is 5.23. The van der Waals surface area contributed by atoms with Crippen LogP contribution in [-0.2, 0) is 0 Å². The number of para-hydroxylation sites is 2. The third kappa shape index (κ3) is 5.32. The molecule has 0 fully saturated rings. The summed E-state index contributed by atoms with van der Waals surface area (Å²) in [7, 11) is 0. The largest absolute Gasteiger partial charge is 0.308 e. The fourth-order valence-electron chi connectivity index (χ4n) is 8.14. The Kier molecular flexibility index (Phi) is 7.64. The zero-order valence-electron chi connectivity index (χ0n) is 30.2. The van der Waals surface area contributed by atoms with Gasteiger partial charge in [-0.3, -0.25) is 0 Å². The van der Waals surface area contributed by atoms with Crippen molar-refractivity contribution >= 4 is 53.3 Å². The fourth-order valence-corrected chi connectivity index (χ4v) is 9.27. The topological polar surface area (TPSA) is 43.6 Å². The second-order valence-electron chi connectivity index (χ2n) is 14.0. The van der Waals surface area contributed by atoms with Gasteiger partial charge in [-0.05, 0) is 53.1 Å². The molecule has 0 saturated heterocycles. The Morgan fingerprint density at radius 1 is 0.339 bits per heavy atom. The van der Waals surface area contributed by atoms with Gasteiger partial charge in [0.1, 0.15) is 0 Å². The molecule has 0 N–H and O–H groups in total. The molecule has 5 heteroatoms. The summed E-state index contributed by atoms with van der Waals surface area (Å²) in [6.07, 6.45) is 0. The molecule has 0 amide bonds. The number of benzene rings is 8. The van der Waals surface area contributed by atoms with Crippen molar-refractivity contribution in [2.75, 3.05) is 0 Å². The van der Waals surface area contributed by atoms with Gasteiger partial charge in [-0.25, -0.2) is 15.0 Å². The van der Waals surface area contributed by atoms with Crippen LogP contribution in [0.15, 0.2) is 194 Å². The minimum atomic E-state index is 0.615. The van der Waals surface area contributed by atoms with Crippen LogP contribution in [0.3, 0.4) is 0 Å². The zero-order valence-corrected chi connectivity index (χ0v) is 31.0. The van der Waals surface area contributed by atoms with Crippen LogP contribution >= 0.6 is 11.3 Å². The molecule has 0 radical (unpaired) electrons. The van der Waals surface area contributed by atoms with E-state index in [4.69, 9.17) is 15.0 Å². The van der Waals surface area contributed by atoms with Gasteiger partial charge in [0.05, 0.1) is 16.7 Å². The Morgan fingerprint density at radius 3 is 1.61 bits per heavy atom. The number of fused-ring (bicyclic) bond motifs is 6. The molecule has 0 spiro atoms. The van der Waals surface area contributed by atoms with Crippen molar-refractivity contribution in [2.45, 2.75) is 0 Å². The van der Waals surface area contributed by atoms with E-state index in [0.29, 0.717) is 17.5 Å². The van der Waals surface area contributed by atoms with Crippen LogP contribution in [0.5, 0.6) is 0 Å². The van der Waals surface area contributed by atoms with Crippen LogP contribution < -0.4 is 0 Å². The predicted molar refractivity (Wildman–Crippen MR) is 234 cm³/mol. The van der Waals surface area contributed by atoms with Crippen molar-refractivity contribution in [1.29, 1.82) is 0 Å². The molecule has 0 saturated carbocycles. The highest BCUT2D eigenvalue weighted by Crippen LogP contribution is 2.44. The lowest BCUT2D eigenvalue weighted by molar-refractivity contribution is 1.06. The van der Waals surface area contributed by atoms with Crippen molar-refractivity contribution in [3.05, 3.63) is 194 Å². The first kappa shape index (κ1) is 32.2. The van der Waals surface area contributed by atoms with Crippen molar-refractivity contribution in [2.24, 2.45) is 0 Å². The molecule has 11 rings (SSSR count). The third-order valence-corrected chi connectivity index (χ3v) is 11.8. The van der Waals surface area contributed by atoms with Gasteiger partial charge in [0, 0.05) is 53.2 Å². The van der Waals surface area contributed by atoms with Gasteiger partial charge in [0.25, 0.3) is 0 Å². The molecular weight excluding hydrogens is 701 g/mol. The highest BCUT2D eigenvalue weighted by molar-refractivity contribution is 7.25. The summed E-state index contributed by atoms with van der Waals surface area (Å²) in [5.41, 5.74) is 10.7. The molecule has 0 aliphatic heterocycles. The van der Waals surface area contributed by atoms with Crippen LogP contribution in [0.1, 0.15) is 0 Å². The van der Waals surface area contributed by atoms with Crippen LogP contribution in [0.4, 0.5) is 0 Å². The Morgan fingerprint density at radius 2 is 0.875 bits per heavy atom. The summed E-state index contributed by atoms with van der Waals surface area (Å²) in [6.45, 7) is 0. The molecule has 0 unspecified atom stereocenters. The fraction of sp³-hybridized carbons (Fsp3) is 0. The number of thiophene rings is 1. The van der Waals surface area contributed by atoms with E-state index in [2.05, 4.69) is 162 Å². The molecule has 3 aromatic heterocycles. The Hall–Kier alpha value is -7.21. The average Bonchev–Trinajstić information content (AvgIpc) is 3.82. The Bertz CT molecular complexity index is 3180. The number of hydrogen-bond acceptors (Lipinski definition) is 4. The molecule has 0 atom stereocenters. The first-order valence-electron chi connectivity index (χ1n) is 18.8. The minimum absolute atomic E-state index is 0.615. The summed E-state index contributed by atoms with van der Waals surface area (Å²) in [5.74, 6) is 1.88. The lowest BCUT2D eigenvalue weighted by Gasteiger charge is -2.19. The SMILES string of the molecule is c1ccc(-c2nc(-c3ccccc3)nc(-c3cccc(-c4ccccc4)c3-n3c4ccccc4c4cc(-c5cccc6sc7ccccc7c56)ccc43)n2)cc1. The molecule has 262 valence electrons. The monoisotopic (exact) mass is 732 g/mol. The highest BCUT2D eigenvalue weighted by atomic mass is 32.1. The molecular formula is C51H32N4S. The summed E-state index contributed by atoms with van der Waals surface area (Å²) < 4.78 is 5.03. The maximum Gasteiger partial charge on any atom is 0.166 e. The van der Waals surface area contributed by atoms with Crippen molar-refractivity contribution in [1.82, 2.24) is 19.5 Å². The van der Waals surface area contributed by atoms with E-state index in [1.54, 1.807) is 0 Å². The molecule has 3 heterocycles. The number of rotatable bonds is 6. The lowest BCUT2D eigenvalue weighted by Crippen LogP contribution is -2.05. The summed E-state index contributed by atoms with van der Waals surface area (Å²) in [5, 5.41) is 4.99. The van der Waals surface area contributed by atoms with Crippen LogP contribution in [-0.4, -0.2) is 19.5 Å². The van der Waals surface area contributed by atoms with E-state index < -0.39 is 0 Å². The van der Waals surface area contributed by atoms with E-state index >= 15 is 0 Å². The molecule has 8 aromatic carbocycles. The van der Waals surface area contributed by atoms with Gasteiger partial charge in [-0.2, -0.15) is 0 Å². The standard InChI is InChI=1S/C51H32N4S/c1-4-16-33(17-5-1)38-25-14-26-41(51-53-49(34-18-6-2-7-19-34)52-50(54-51)35-20-8-3-9-21-35)48(38)55-43-27-12-10-22-39(43)42-32-36(30-31-44(42)55)37-24-15-29-46-47(37)40-23-11-13-28-45(40)56-46/h1-32H. The summed E-state index contributed by atoms with van der Waals surface area (Å²) in [6, 6.07) is 68.6. The quantitative estimate of drug-likeness (QED) is 0.171. The summed E-state index contributed by atoms with van der Waals surface area (Å²) in [4.78, 5) is 15.5. The normalized spacial score (nSPS) is 11.6. The number of hydrogen-bond donors (Lipinski definition) is 0. The van der Waals surface area contributed by atoms with E-state index in [1.807, 2.05) is 47.7 Å². The smallest absolute Gasteiger partial charge is 0.166 e. The molecule has 4 nitrogen and oxygen atoms in total. The first-order valence-corrected chi connectivity index (χ1v) is 19.6. The third-order valence-electron chi connectivity index (χ3n) is 10.7. The van der Waals surface area contributed by atoms with Crippen molar-refractivity contribution in [3.8, 4) is 62.1 Å².